The van der Waals surface area contributed by atoms with Crippen LogP contribution < -0.4 is 15.2 Å². The number of nitrogens with zero attached hydrogens (tertiary/aromatic N) is 1. The molecule has 0 aromatic heterocycles. The van der Waals surface area contributed by atoms with E-state index < -0.39 is 0 Å². The monoisotopic (exact) mass is 294 g/mol. The van der Waals surface area contributed by atoms with E-state index in [-0.39, 0.29) is 18.2 Å². The van der Waals surface area contributed by atoms with Gasteiger partial charge in [0.25, 0.3) is 0 Å². The minimum Gasteiger partial charge on any atom is -0.493 e. The van der Waals surface area contributed by atoms with Crippen LogP contribution in [0, 0.1) is 0 Å². The lowest BCUT2D eigenvalue weighted by atomic mass is 10.0. The van der Waals surface area contributed by atoms with Crippen molar-refractivity contribution in [3.8, 4) is 11.5 Å². The van der Waals surface area contributed by atoms with E-state index in [4.69, 9.17) is 19.9 Å². The van der Waals surface area contributed by atoms with E-state index in [1.165, 1.54) is 0 Å². The molecule has 1 aliphatic heterocycles. The average Bonchev–Trinajstić information content (AvgIpc) is 2.46. The summed E-state index contributed by atoms with van der Waals surface area (Å²) >= 11 is 0. The Morgan fingerprint density at radius 2 is 1.90 bits per heavy atom. The maximum absolute atomic E-state index is 6.06. The van der Waals surface area contributed by atoms with Crippen LogP contribution in [0.25, 0.3) is 0 Å². The number of hydrogen-bond donors (Lipinski definition) is 1. The first-order valence-corrected chi connectivity index (χ1v) is 7.41. The summed E-state index contributed by atoms with van der Waals surface area (Å²) in [6.07, 6.45) is 0.416. The zero-order valence-corrected chi connectivity index (χ0v) is 13.3. The highest BCUT2D eigenvalue weighted by molar-refractivity contribution is 5.48. The van der Waals surface area contributed by atoms with Crippen molar-refractivity contribution >= 4 is 0 Å². The first-order valence-electron chi connectivity index (χ1n) is 7.41. The van der Waals surface area contributed by atoms with Crippen molar-refractivity contribution in [3.63, 3.8) is 0 Å². The number of nitrogens with two attached hydrogens (primary N) is 1. The van der Waals surface area contributed by atoms with Crippen LogP contribution in [0.4, 0.5) is 0 Å². The summed E-state index contributed by atoms with van der Waals surface area (Å²) in [7, 11) is 3.32. The van der Waals surface area contributed by atoms with Gasteiger partial charge in [-0.2, -0.15) is 0 Å². The van der Waals surface area contributed by atoms with Crippen LogP contribution in [0.1, 0.15) is 25.5 Å². The van der Waals surface area contributed by atoms with Crippen LogP contribution in [-0.4, -0.2) is 51.0 Å². The second kappa shape index (κ2) is 7.11. The largest absolute Gasteiger partial charge is 0.493 e. The molecule has 5 nitrogen and oxygen atoms in total. The lowest BCUT2D eigenvalue weighted by Gasteiger charge is -2.40. The summed E-state index contributed by atoms with van der Waals surface area (Å²) in [6, 6.07) is 6.04. The van der Waals surface area contributed by atoms with E-state index in [1.807, 2.05) is 12.1 Å². The Morgan fingerprint density at radius 1 is 1.24 bits per heavy atom. The van der Waals surface area contributed by atoms with Crippen molar-refractivity contribution in [2.45, 2.75) is 32.1 Å². The van der Waals surface area contributed by atoms with Crippen LogP contribution in [0.15, 0.2) is 18.2 Å². The van der Waals surface area contributed by atoms with Gasteiger partial charge in [0.05, 0.1) is 32.5 Å². The van der Waals surface area contributed by atoms with Crippen LogP contribution in [0.5, 0.6) is 11.5 Å². The van der Waals surface area contributed by atoms with E-state index >= 15 is 0 Å². The van der Waals surface area contributed by atoms with Crippen molar-refractivity contribution < 1.29 is 14.2 Å². The molecule has 1 aliphatic rings. The Hall–Kier alpha value is -1.30. The molecule has 0 spiro atoms. The summed E-state index contributed by atoms with van der Waals surface area (Å²) in [5, 5.41) is 0. The van der Waals surface area contributed by atoms with Gasteiger partial charge in [-0.3, -0.25) is 4.90 Å². The van der Waals surface area contributed by atoms with Gasteiger partial charge in [0, 0.05) is 25.2 Å². The van der Waals surface area contributed by atoms with Crippen molar-refractivity contribution in [1.29, 1.82) is 0 Å². The Morgan fingerprint density at radius 3 is 2.43 bits per heavy atom. The minimum atomic E-state index is 0.101. The summed E-state index contributed by atoms with van der Waals surface area (Å²) < 4.78 is 16.8. The van der Waals surface area contributed by atoms with Gasteiger partial charge in [-0.05, 0) is 19.9 Å². The van der Waals surface area contributed by atoms with Crippen molar-refractivity contribution in [2.75, 3.05) is 33.9 Å². The zero-order chi connectivity index (χ0) is 15.4. The standard InChI is InChI=1S/C16H26N2O3/c1-11-9-18(10-12(2)21-11)14(8-17)13-6-5-7-15(19-3)16(13)20-4/h5-7,11-12,14H,8-10,17H2,1-4H3. The molecule has 5 heteroatoms. The molecule has 1 aromatic rings. The van der Waals surface area contributed by atoms with Gasteiger partial charge in [-0.15, -0.1) is 0 Å². The van der Waals surface area contributed by atoms with Gasteiger partial charge in [0.2, 0.25) is 0 Å². The molecule has 0 bridgehead atoms. The Bertz CT molecular complexity index is 457. The van der Waals surface area contributed by atoms with Gasteiger partial charge in [0.1, 0.15) is 0 Å². The molecule has 1 fully saturated rings. The number of methoxy groups -OCH3 is 2. The molecule has 118 valence electrons. The van der Waals surface area contributed by atoms with Crippen LogP contribution in [0.2, 0.25) is 0 Å². The summed E-state index contributed by atoms with van der Waals surface area (Å²) in [5.74, 6) is 1.50. The minimum absolute atomic E-state index is 0.101. The zero-order valence-electron chi connectivity index (χ0n) is 13.3. The van der Waals surface area contributed by atoms with Gasteiger partial charge >= 0.3 is 0 Å². The third-order valence-electron chi connectivity index (χ3n) is 3.90. The third-order valence-corrected chi connectivity index (χ3v) is 3.90. The summed E-state index contributed by atoms with van der Waals surface area (Å²) in [6.45, 7) is 6.46. The topological polar surface area (TPSA) is 57.0 Å². The lowest BCUT2D eigenvalue weighted by molar-refractivity contribution is -0.0801. The van der Waals surface area contributed by atoms with Crippen molar-refractivity contribution in [1.82, 2.24) is 4.90 Å². The molecule has 0 amide bonds. The van der Waals surface area contributed by atoms with Gasteiger partial charge in [0.15, 0.2) is 11.5 Å². The summed E-state index contributed by atoms with van der Waals surface area (Å²) in [5.41, 5.74) is 7.13. The number of hydrogen-bond acceptors (Lipinski definition) is 5. The molecule has 2 N–H and O–H groups in total. The Labute approximate surface area is 127 Å². The molecule has 21 heavy (non-hydrogen) atoms. The number of rotatable bonds is 5. The van der Waals surface area contributed by atoms with Gasteiger partial charge in [-0.25, -0.2) is 0 Å². The molecule has 1 heterocycles. The molecule has 3 unspecified atom stereocenters. The van der Waals surface area contributed by atoms with Crippen molar-refractivity contribution in [2.24, 2.45) is 5.73 Å². The van der Waals surface area contributed by atoms with Crippen LogP contribution in [-0.2, 0) is 4.74 Å². The average molecular weight is 294 g/mol. The quantitative estimate of drug-likeness (QED) is 0.897. The normalized spacial score (nSPS) is 24.6. The molecule has 1 aromatic carbocycles. The first-order chi connectivity index (χ1) is 10.1. The molecule has 0 saturated carbocycles. The summed E-state index contributed by atoms with van der Waals surface area (Å²) in [4.78, 5) is 2.37. The predicted molar refractivity (Wildman–Crippen MR) is 82.9 cm³/mol. The molecule has 1 saturated heterocycles. The second-order valence-corrected chi connectivity index (χ2v) is 5.55. The van der Waals surface area contributed by atoms with E-state index in [0.717, 1.165) is 30.2 Å². The number of benzene rings is 1. The Kier molecular flexibility index (Phi) is 5.45. The second-order valence-electron chi connectivity index (χ2n) is 5.55. The molecule has 2 rings (SSSR count). The fraction of sp³-hybridized carbons (Fsp3) is 0.625. The molecular formula is C16H26N2O3. The SMILES string of the molecule is COc1cccc(C(CN)N2CC(C)OC(C)C2)c1OC. The first kappa shape index (κ1) is 16.1. The van der Waals surface area contributed by atoms with Gasteiger partial charge < -0.3 is 19.9 Å². The molecule has 3 atom stereocenters. The fourth-order valence-electron chi connectivity index (χ4n) is 3.12. The Balaban J connectivity index is 2.32. The smallest absolute Gasteiger partial charge is 0.165 e. The molecular weight excluding hydrogens is 268 g/mol. The van der Waals surface area contributed by atoms with E-state index in [2.05, 4.69) is 24.8 Å². The predicted octanol–water partition coefficient (Wildman–Crippen LogP) is 1.81. The van der Waals surface area contributed by atoms with Crippen molar-refractivity contribution in [3.05, 3.63) is 23.8 Å². The fourth-order valence-corrected chi connectivity index (χ4v) is 3.12. The molecule has 0 aliphatic carbocycles. The lowest BCUT2D eigenvalue weighted by Crippen LogP contribution is -2.48. The van der Waals surface area contributed by atoms with E-state index in [0.29, 0.717) is 6.54 Å². The molecule has 0 radical (unpaired) electrons. The highest BCUT2D eigenvalue weighted by Gasteiger charge is 2.30. The van der Waals surface area contributed by atoms with E-state index in [9.17, 15) is 0 Å². The maximum atomic E-state index is 6.06. The number of ether oxygens (including phenoxy) is 3. The van der Waals surface area contributed by atoms with Crippen LogP contribution >= 0.6 is 0 Å². The van der Waals surface area contributed by atoms with Gasteiger partial charge in [-0.1, -0.05) is 12.1 Å². The third kappa shape index (κ3) is 3.48. The number of morpholine rings is 1. The highest BCUT2D eigenvalue weighted by atomic mass is 16.5. The number of para-hydroxylation sites is 1. The highest BCUT2D eigenvalue weighted by Crippen LogP contribution is 2.37. The van der Waals surface area contributed by atoms with Crippen LogP contribution in [0.3, 0.4) is 0 Å². The maximum Gasteiger partial charge on any atom is 0.165 e. The van der Waals surface area contributed by atoms with E-state index in [1.54, 1.807) is 14.2 Å².